The maximum Gasteiger partial charge on any atom is 0.340 e. The summed E-state index contributed by atoms with van der Waals surface area (Å²) < 4.78 is 10.7. The van der Waals surface area contributed by atoms with Crippen molar-refractivity contribution < 1.29 is 19.1 Å². The fourth-order valence-electron chi connectivity index (χ4n) is 2.82. The van der Waals surface area contributed by atoms with Gasteiger partial charge in [0.1, 0.15) is 5.60 Å². The highest BCUT2D eigenvalue weighted by Gasteiger charge is 2.35. The molecule has 0 N–H and O–H groups in total. The molecular weight excluding hydrogens is 318 g/mol. The summed E-state index contributed by atoms with van der Waals surface area (Å²) in [6, 6.07) is 0. The molecule has 0 unspecified atom stereocenters. The summed E-state index contributed by atoms with van der Waals surface area (Å²) in [6.07, 6.45) is 12.8. The van der Waals surface area contributed by atoms with Crippen LogP contribution in [0.4, 0.5) is 0 Å². The van der Waals surface area contributed by atoms with E-state index in [0.717, 1.165) is 5.70 Å². The molecule has 3 heterocycles. The van der Waals surface area contributed by atoms with Gasteiger partial charge in [0.15, 0.2) is 0 Å². The standard InChI is InChI=1S/C20H21NO4/c1-5-24-18(22)14-12-15(19(23)25-20(2,3)4)17-11-7-9-13-8-6-10-16(14)21(13)17/h6-12H,5H2,1-4H3. The highest BCUT2D eigenvalue weighted by atomic mass is 16.6. The van der Waals surface area contributed by atoms with E-state index in [9.17, 15) is 9.59 Å². The van der Waals surface area contributed by atoms with Gasteiger partial charge >= 0.3 is 11.9 Å². The zero-order valence-corrected chi connectivity index (χ0v) is 14.8. The lowest BCUT2D eigenvalue weighted by molar-refractivity contribution is -0.149. The SMILES string of the molecule is CCOC(=O)C1=CC(C(=O)OC(C)(C)C)=C2C=CC=C3C=CC=C1N32. The number of hydrogen-bond acceptors (Lipinski definition) is 5. The molecular formula is C20H21NO4. The summed E-state index contributed by atoms with van der Waals surface area (Å²) in [5, 5.41) is 0. The van der Waals surface area contributed by atoms with Crippen LogP contribution < -0.4 is 0 Å². The molecule has 3 rings (SSSR count). The Hall–Kier alpha value is -2.82. The lowest BCUT2D eigenvalue weighted by Crippen LogP contribution is -2.34. The predicted octanol–water partition coefficient (Wildman–Crippen LogP) is 3.29. The van der Waals surface area contributed by atoms with Crippen LogP contribution in [0.3, 0.4) is 0 Å². The Morgan fingerprint density at radius 3 is 2.48 bits per heavy atom. The molecule has 0 bridgehead atoms. The van der Waals surface area contributed by atoms with Gasteiger partial charge in [-0.3, -0.25) is 0 Å². The van der Waals surface area contributed by atoms with Crippen molar-refractivity contribution in [1.29, 1.82) is 0 Å². The van der Waals surface area contributed by atoms with E-state index in [1.807, 2.05) is 62.1 Å². The minimum Gasteiger partial charge on any atom is -0.462 e. The monoisotopic (exact) mass is 339 g/mol. The van der Waals surface area contributed by atoms with Gasteiger partial charge in [0.2, 0.25) is 0 Å². The fraction of sp³-hybridized carbons (Fsp3) is 0.300. The van der Waals surface area contributed by atoms with Crippen molar-refractivity contribution in [3.8, 4) is 0 Å². The Morgan fingerprint density at radius 1 is 1.08 bits per heavy atom. The van der Waals surface area contributed by atoms with Gasteiger partial charge in [0.05, 0.1) is 29.1 Å². The molecule has 0 spiro atoms. The minimum absolute atomic E-state index is 0.264. The molecule has 0 aromatic carbocycles. The first-order valence-corrected chi connectivity index (χ1v) is 8.25. The number of carbonyl (C=O) groups excluding carboxylic acids is 2. The number of ether oxygens (including phenoxy) is 2. The van der Waals surface area contributed by atoms with Gasteiger partial charge in [-0.2, -0.15) is 0 Å². The number of hydrogen-bond donors (Lipinski definition) is 0. The van der Waals surface area contributed by atoms with Crippen LogP contribution in [0.15, 0.2) is 70.8 Å². The van der Waals surface area contributed by atoms with E-state index in [-0.39, 0.29) is 6.61 Å². The van der Waals surface area contributed by atoms with Crippen molar-refractivity contribution in [1.82, 2.24) is 4.90 Å². The lowest BCUT2D eigenvalue weighted by Gasteiger charge is -2.37. The first-order chi connectivity index (χ1) is 11.8. The number of esters is 2. The Labute approximate surface area is 147 Å². The van der Waals surface area contributed by atoms with Gasteiger partial charge in [0.25, 0.3) is 0 Å². The van der Waals surface area contributed by atoms with Crippen LogP contribution >= 0.6 is 0 Å². The molecule has 3 aliphatic rings. The van der Waals surface area contributed by atoms with Crippen molar-refractivity contribution in [2.45, 2.75) is 33.3 Å². The largest absolute Gasteiger partial charge is 0.462 e. The van der Waals surface area contributed by atoms with E-state index < -0.39 is 17.5 Å². The lowest BCUT2D eigenvalue weighted by atomic mass is 9.94. The third-order valence-corrected chi connectivity index (χ3v) is 3.74. The molecule has 130 valence electrons. The van der Waals surface area contributed by atoms with Gasteiger partial charge in [0, 0.05) is 5.70 Å². The summed E-state index contributed by atoms with van der Waals surface area (Å²) in [4.78, 5) is 27.0. The van der Waals surface area contributed by atoms with Crippen LogP contribution in [0.1, 0.15) is 27.7 Å². The summed E-state index contributed by atoms with van der Waals surface area (Å²) >= 11 is 0. The molecule has 0 radical (unpaired) electrons. The molecule has 0 amide bonds. The molecule has 3 aliphatic heterocycles. The average Bonchev–Trinajstić information content (AvgIpc) is 2.54. The molecule has 0 aromatic heterocycles. The molecule has 25 heavy (non-hydrogen) atoms. The van der Waals surface area contributed by atoms with Crippen LogP contribution in [-0.2, 0) is 19.1 Å². The van der Waals surface area contributed by atoms with Crippen molar-refractivity contribution >= 4 is 11.9 Å². The third kappa shape index (κ3) is 3.22. The van der Waals surface area contributed by atoms with Crippen LogP contribution in [0.2, 0.25) is 0 Å². The van der Waals surface area contributed by atoms with E-state index >= 15 is 0 Å². The highest BCUT2D eigenvalue weighted by Crippen LogP contribution is 2.39. The van der Waals surface area contributed by atoms with E-state index in [0.29, 0.717) is 22.5 Å². The minimum atomic E-state index is -0.627. The second-order valence-electron chi connectivity index (χ2n) is 6.78. The van der Waals surface area contributed by atoms with Crippen molar-refractivity contribution in [3.05, 3.63) is 70.8 Å². The Kier molecular flexibility index (Phi) is 4.25. The molecule has 0 aromatic rings. The zero-order chi connectivity index (χ0) is 18.2. The zero-order valence-electron chi connectivity index (χ0n) is 14.8. The molecule has 5 nitrogen and oxygen atoms in total. The molecule has 5 heteroatoms. The van der Waals surface area contributed by atoms with Crippen LogP contribution in [0.25, 0.3) is 0 Å². The van der Waals surface area contributed by atoms with E-state index in [4.69, 9.17) is 9.47 Å². The van der Waals surface area contributed by atoms with Gasteiger partial charge in [-0.05, 0) is 58.1 Å². The Morgan fingerprint density at radius 2 is 1.80 bits per heavy atom. The third-order valence-electron chi connectivity index (χ3n) is 3.74. The summed E-state index contributed by atoms with van der Waals surface area (Å²) in [6.45, 7) is 7.45. The summed E-state index contributed by atoms with van der Waals surface area (Å²) in [5.41, 5.74) is 2.32. The van der Waals surface area contributed by atoms with Crippen LogP contribution in [-0.4, -0.2) is 29.0 Å². The van der Waals surface area contributed by atoms with Crippen molar-refractivity contribution in [3.63, 3.8) is 0 Å². The second-order valence-corrected chi connectivity index (χ2v) is 6.78. The first kappa shape index (κ1) is 17.0. The Balaban J connectivity index is 2.12. The summed E-state index contributed by atoms with van der Waals surface area (Å²) in [5.74, 6) is -0.929. The number of rotatable bonds is 3. The highest BCUT2D eigenvalue weighted by molar-refractivity contribution is 6.01. The molecule has 0 atom stereocenters. The van der Waals surface area contributed by atoms with Crippen LogP contribution in [0, 0.1) is 0 Å². The maximum absolute atomic E-state index is 12.7. The fourth-order valence-corrected chi connectivity index (χ4v) is 2.82. The molecule has 0 aliphatic carbocycles. The van der Waals surface area contributed by atoms with Gasteiger partial charge in [-0.15, -0.1) is 0 Å². The molecule has 0 saturated carbocycles. The van der Waals surface area contributed by atoms with Crippen LogP contribution in [0.5, 0.6) is 0 Å². The normalized spacial score (nSPS) is 18.2. The van der Waals surface area contributed by atoms with Gasteiger partial charge in [-0.1, -0.05) is 12.2 Å². The quantitative estimate of drug-likeness (QED) is 0.739. The number of allylic oxidation sites excluding steroid dienone is 6. The van der Waals surface area contributed by atoms with Gasteiger partial charge < -0.3 is 14.4 Å². The molecule has 0 saturated heterocycles. The topological polar surface area (TPSA) is 55.8 Å². The van der Waals surface area contributed by atoms with E-state index in [1.165, 1.54) is 0 Å². The van der Waals surface area contributed by atoms with Gasteiger partial charge in [-0.25, -0.2) is 9.59 Å². The maximum atomic E-state index is 12.7. The smallest absolute Gasteiger partial charge is 0.340 e. The first-order valence-electron chi connectivity index (χ1n) is 8.25. The van der Waals surface area contributed by atoms with Crippen molar-refractivity contribution in [2.75, 3.05) is 6.61 Å². The number of nitrogens with zero attached hydrogens (tertiary/aromatic N) is 1. The predicted molar refractivity (Wildman–Crippen MR) is 93.9 cm³/mol. The van der Waals surface area contributed by atoms with E-state index in [2.05, 4.69) is 0 Å². The summed E-state index contributed by atoms with van der Waals surface area (Å²) in [7, 11) is 0. The number of carbonyl (C=O) groups is 2. The molecule has 0 fully saturated rings. The van der Waals surface area contributed by atoms with E-state index in [1.54, 1.807) is 13.0 Å². The Bertz CT molecular complexity index is 813. The average molecular weight is 339 g/mol. The second kappa shape index (κ2) is 6.24. The van der Waals surface area contributed by atoms with Crippen molar-refractivity contribution in [2.24, 2.45) is 0 Å².